The molecule has 1 N–H and O–H groups in total. The van der Waals surface area contributed by atoms with Crippen LogP contribution < -0.4 is 5.32 Å². The van der Waals surface area contributed by atoms with Gasteiger partial charge in [0.2, 0.25) is 0 Å². The average Bonchev–Trinajstić information content (AvgIpc) is 3.04. The standard InChI is InChI=1S/C18H17N3O3/c1-24-18(23)14-8-6-13(7-9-14)17(22)19-10-11-21-12-20-15-4-2-3-5-16(15)21/h2-9,12H,10-11H2,1H3,(H,19,22). The number of nitrogens with one attached hydrogen (secondary N) is 1. The molecule has 24 heavy (non-hydrogen) atoms. The van der Waals surface area contributed by atoms with E-state index in [1.807, 2.05) is 28.8 Å². The minimum atomic E-state index is -0.422. The minimum absolute atomic E-state index is 0.184. The molecule has 0 saturated heterocycles. The lowest BCUT2D eigenvalue weighted by atomic mass is 10.1. The molecular formula is C18H17N3O3. The zero-order valence-corrected chi connectivity index (χ0v) is 13.2. The number of benzene rings is 2. The van der Waals surface area contributed by atoms with Crippen LogP contribution in [-0.4, -0.2) is 35.1 Å². The molecule has 0 aliphatic heterocycles. The second kappa shape index (κ2) is 6.95. The summed E-state index contributed by atoms with van der Waals surface area (Å²) in [6.07, 6.45) is 1.77. The van der Waals surface area contributed by atoms with E-state index in [0.717, 1.165) is 11.0 Å². The SMILES string of the molecule is COC(=O)c1ccc(C(=O)NCCn2cnc3ccccc32)cc1. The molecule has 0 bridgehead atoms. The number of carbonyl (C=O) groups is 2. The number of aromatic nitrogens is 2. The van der Waals surface area contributed by atoms with Crippen molar-refractivity contribution in [3.63, 3.8) is 0 Å². The van der Waals surface area contributed by atoms with Crippen molar-refractivity contribution in [3.8, 4) is 0 Å². The maximum atomic E-state index is 12.1. The smallest absolute Gasteiger partial charge is 0.337 e. The molecule has 0 aliphatic carbocycles. The predicted octanol–water partition coefficient (Wildman–Crippen LogP) is 2.25. The number of amides is 1. The minimum Gasteiger partial charge on any atom is -0.465 e. The Labute approximate surface area is 139 Å². The third-order valence-corrected chi connectivity index (χ3v) is 3.73. The molecule has 3 aromatic rings. The third-order valence-electron chi connectivity index (χ3n) is 3.73. The fourth-order valence-electron chi connectivity index (χ4n) is 2.46. The van der Waals surface area contributed by atoms with E-state index in [4.69, 9.17) is 0 Å². The van der Waals surface area contributed by atoms with Gasteiger partial charge >= 0.3 is 5.97 Å². The van der Waals surface area contributed by atoms with E-state index >= 15 is 0 Å². The monoisotopic (exact) mass is 323 g/mol. The Morgan fingerprint density at radius 1 is 1.08 bits per heavy atom. The van der Waals surface area contributed by atoms with Crippen LogP contribution in [0, 0.1) is 0 Å². The van der Waals surface area contributed by atoms with Crippen molar-refractivity contribution in [1.82, 2.24) is 14.9 Å². The molecule has 6 heteroatoms. The molecule has 0 atom stereocenters. The van der Waals surface area contributed by atoms with E-state index in [1.54, 1.807) is 30.6 Å². The molecule has 1 aromatic heterocycles. The first kappa shape index (κ1) is 15.7. The van der Waals surface area contributed by atoms with Crippen molar-refractivity contribution < 1.29 is 14.3 Å². The Balaban J connectivity index is 1.58. The maximum Gasteiger partial charge on any atom is 0.337 e. The Bertz CT molecular complexity index is 869. The third kappa shape index (κ3) is 3.27. The van der Waals surface area contributed by atoms with Gasteiger partial charge in [0.15, 0.2) is 0 Å². The summed E-state index contributed by atoms with van der Waals surface area (Å²) >= 11 is 0. The van der Waals surface area contributed by atoms with Gasteiger partial charge in [-0.3, -0.25) is 4.79 Å². The summed E-state index contributed by atoms with van der Waals surface area (Å²) in [6.45, 7) is 1.12. The number of hydrogen-bond donors (Lipinski definition) is 1. The number of fused-ring (bicyclic) bond motifs is 1. The van der Waals surface area contributed by atoms with Crippen molar-refractivity contribution in [2.24, 2.45) is 0 Å². The van der Waals surface area contributed by atoms with Crippen molar-refractivity contribution >= 4 is 22.9 Å². The van der Waals surface area contributed by atoms with Gasteiger partial charge < -0.3 is 14.6 Å². The van der Waals surface area contributed by atoms with Crippen LogP contribution in [0.15, 0.2) is 54.9 Å². The molecular weight excluding hydrogens is 306 g/mol. The van der Waals surface area contributed by atoms with Crippen LogP contribution in [0.5, 0.6) is 0 Å². The van der Waals surface area contributed by atoms with Gasteiger partial charge in [-0.05, 0) is 36.4 Å². The van der Waals surface area contributed by atoms with Crippen molar-refractivity contribution in [2.45, 2.75) is 6.54 Å². The van der Waals surface area contributed by atoms with E-state index in [9.17, 15) is 9.59 Å². The molecule has 2 aromatic carbocycles. The van der Waals surface area contributed by atoms with Gasteiger partial charge in [0, 0.05) is 18.7 Å². The lowest BCUT2D eigenvalue weighted by Crippen LogP contribution is -2.27. The molecule has 0 aliphatic rings. The molecule has 122 valence electrons. The van der Waals surface area contributed by atoms with Gasteiger partial charge in [-0.2, -0.15) is 0 Å². The highest BCUT2D eigenvalue weighted by Gasteiger charge is 2.09. The molecule has 0 fully saturated rings. The van der Waals surface area contributed by atoms with Crippen LogP contribution in [-0.2, 0) is 11.3 Å². The molecule has 0 radical (unpaired) electrons. The van der Waals surface area contributed by atoms with E-state index in [0.29, 0.717) is 24.2 Å². The predicted molar refractivity (Wildman–Crippen MR) is 89.8 cm³/mol. The number of nitrogens with zero attached hydrogens (tertiary/aromatic N) is 2. The number of para-hydroxylation sites is 2. The van der Waals surface area contributed by atoms with E-state index in [1.165, 1.54) is 7.11 Å². The van der Waals surface area contributed by atoms with Crippen molar-refractivity contribution in [1.29, 1.82) is 0 Å². The normalized spacial score (nSPS) is 10.5. The number of carbonyl (C=O) groups excluding carboxylic acids is 2. The summed E-state index contributed by atoms with van der Waals surface area (Å²) in [4.78, 5) is 27.8. The first-order valence-electron chi connectivity index (χ1n) is 7.55. The fraction of sp³-hybridized carbons (Fsp3) is 0.167. The van der Waals surface area contributed by atoms with Crippen LogP contribution in [0.1, 0.15) is 20.7 Å². The maximum absolute atomic E-state index is 12.1. The summed E-state index contributed by atoms with van der Waals surface area (Å²) in [5.41, 5.74) is 2.88. The van der Waals surface area contributed by atoms with Crippen LogP contribution >= 0.6 is 0 Å². The van der Waals surface area contributed by atoms with Crippen LogP contribution in [0.4, 0.5) is 0 Å². The lowest BCUT2D eigenvalue weighted by molar-refractivity contribution is 0.0600. The number of imidazole rings is 1. The molecule has 1 heterocycles. The van der Waals surface area contributed by atoms with Crippen LogP contribution in [0.3, 0.4) is 0 Å². The lowest BCUT2D eigenvalue weighted by Gasteiger charge is -2.07. The zero-order chi connectivity index (χ0) is 16.9. The number of hydrogen-bond acceptors (Lipinski definition) is 4. The van der Waals surface area contributed by atoms with Crippen molar-refractivity contribution in [3.05, 3.63) is 66.0 Å². The molecule has 0 spiro atoms. The van der Waals surface area contributed by atoms with Crippen LogP contribution in [0.2, 0.25) is 0 Å². The summed E-state index contributed by atoms with van der Waals surface area (Å²) in [5.74, 6) is -0.607. The van der Waals surface area contributed by atoms with E-state index in [-0.39, 0.29) is 5.91 Å². The quantitative estimate of drug-likeness (QED) is 0.731. The Morgan fingerprint density at radius 2 is 1.79 bits per heavy atom. The molecule has 1 amide bonds. The summed E-state index contributed by atoms with van der Waals surface area (Å²) in [7, 11) is 1.32. The molecule has 6 nitrogen and oxygen atoms in total. The van der Waals surface area contributed by atoms with Gasteiger partial charge in [0.05, 0.1) is 30.0 Å². The summed E-state index contributed by atoms with van der Waals surface area (Å²) in [5, 5.41) is 2.86. The van der Waals surface area contributed by atoms with Gasteiger partial charge in [-0.15, -0.1) is 0 Å². The topological polar surface area (TPSA) is 73.2 Å². The van der Waals surface area contributed by atoms with E-state index in [2.05, 4.69) is 15.0 Å². The first-order valence-corrected chi connectivity index (χ1v) is 7.55. The number of esters is 1. The second-order valence-electron chi connectivity index (χ2n) is 5.25. The average molecular weight is 323 g/mol. The highest BCUT2D eigenvalue weighted by atomic mass is 16.5. The Morgan fingerprint density at radius 3 is 2.54 bits per heavy atom. The summed E-state index contributed by atoms with van der Waals surface area (Å²) < 4.78 is 6.63. The Hall–Kier alpha value is -3.15. The van der Waals surface area contributed by atoms with Crippen LogP contribution in [0.25, 0.3) is 11.0 Å². The second-order valence-corrected chi connectivity index (χ2v) is 5.25. The molecule has 0 unspecified atom stereocenters. The Kier molecular flexibility index (Phi) is 4.56. The highest BCUT2D eigenvalue weighted by Crippen LogP contribution is 2.11. The largest absolute Gasteiger partial charge is 0.465 e. The molecule has 0 saturated carbocycles. The zero-order valence-electron chi connectivity index (χ0n) is 13.2. The van der Waals surface area contributed by atoms with Gasteiger partial charge in [-0.25, -0.2) is 9.78 Å². The van der Waals surface area contributed by atoms with Crippen molar-refractivity contribution in [2.75, 3.05) is 13.7 Å². The highest BCUT2D eigenvalue weighted by molar-refractivity contribution is 5.96. The number of ether oxygens (including phenoxy) is 1. The van der Waals surface area contributed by atoms with Gasteiger partial charge in [0.1, 0.15) is 0 Å². The number of rotatable bonds is 5. The van der Waals surface area contributed by atoms with Gasteiger partial charge in [0.25, 0.3) is 5.91 Å². The first-order chi connectivity index (χ1) is 11.7. The number of methoxy groups -OCH3 is 1. The van der Waals surface area contributed by atoms with Gasteiger partial charge in [-0.1, -0.05) is 12.1 Å². The molecule has 3 rings (SSSR count). The summed E-state index contributed by atoms with van der Waals surface area (Å²) in [6, 6.07) is 14.2. The fourth-order valence-corrected chi connectivity index (χ4v) is 2.46. The van der Waals surface area contributed by atoms with E-state index < -0.39 is 5.97 Å².